The van der Waals surface area contributed by atoms with E-state index in [1.807, 2.05) is 84.9 Å². The van der Waals surface area contributed by atoms with Gasteiger partial charge in [0, 0.05) is 17.5 Å². The molecule has 0 aromatic heterocycles. The van der Waals surface area contributed by atoms with Crippen LogP contribution in [0.5, 0.6) is 0 Å². The molecule has 5 heteroatoms. The lowest BCUT2D eigenvalue weighted by Gasteiger charge is -2.37. The molecule has 4 aromatic rings. The number of nitrogens with zero attached hydrogens (tertiary/aromatic N) is 1. The molecule has 4 rings (SSSR count). The molecule has 0 saturated carbocycles. The Morgan fingerprint density at radius 2 is 1.16 bits per heavy atom. The van der Waals surface area contributed by atoms with Gasteiger partial charge in [0.2, 0.25) is 0 Å². The highest BCUT2D eigenvalue weighted by Crippen LogP contribution is 2.27. The van der Waals surface area contributed by atoms with Crippen LogP contribution in [-0.2, 0) is 28.6 Å². The molecule has 1 N–H and O–H groups in total. The Morgan fingerprint density at radius 3 is 1.71 bits per heavy atom. The molecule has 0 aliphatic heterocycles. The highest BCUT2D eigenvalue weighted by molar-refractivity contribution is 7.94. The van der Waals surface area contributed by atoms with Crippen LogP contribution in [0.3, 0.4) is 0 Å². The summed E-state index contributed by atoms with van der Waals surface area (Å²) in [6, 6.07) is 40.7. The first-order valence-corrected chi connectivity index (χ1v) is 13.9. The zero-order chi connectivity index (χ0) is 26.6. The summed E-state index contributed by atoms with van der Waals surface area (Å²) in [6.07, 6.45) is 0.120. The summed E-state index contributed by atoms with van der Waals surface area (Å²) in [5.41, 5.74) is 3.57. The Labute approximate surface area is 231 Å². The molecular weight excluding hydrogens is 490 g/mol. The third-order valence-corrected chi connectivity index (χ3v) is 7.46. The monoisotopic (exact) mass is 527 g/mol. The normalized spacial score (nSPS) is 14.6. The summed E-state index contributed by atoms with van der Waals surface area (Å²) in [7, 11) is 2.07. The summed E-state index contributed by atoms with van der Waals surface area (Å²) in [4.78, 5) is 9.22. The minimum atomic E-state index is -0.793. The van der Waals surface area contributed by atoms with E-state index in [9.17, 15) is 5.11 Å². The maximum absolute atomic E-state index is 12.0. The summed E-state index contributed by atoms with van der Waals surface area (Å²) in [5.74, 6) is 0.00664. The van der Waals surface area contributed by atoms with Crippen molar-refractivity contribution in [2.45, 2.75) is 49.5 Å². The van der Waals surface area contributed by atoms with E-state index in [-0.39, 0.29) is 12.0 Å². The summed E-state index contributed by atoms with van der Waals surface area (Å²) >= 11 is 1.17. The van der Waals surface area contributed by atoms with E-state index in [1.54, 1.807) is 0 Å². The average Bonchev–Trinajstić information content (AvgIpc) is 2.96. The van der Waals surface area contributed by atoms with Crippen molar-refractivity contribution in [3.05, 3.63) is 138 Å². The highest BCUT2D eigenvalue weighted by Gasteiger charge is 2.36. The second-order valence-corrected chi connectivity index (χ2v) is 10.6. The minimum Gasteiger partial charge on any atom is -0.389 e. The van der Waals surface area contributed by atoms with Gasteiger partial charge in [-0.1, -0.05) is 116 Å². The first-order valence-electron chi connectivity index (χ1n) is 13.2. The van der Waals surface area contributed by atoms with Crippen LogP contribution < -0.4 is 0 Å². The van der Waals surface area contributed by atoms with E-state index in [4.69, 9.17) is 9.22 Å². The Bertz CT molecular complexity index is 1180. The van der Waals surface area contributed by atoms with Gasteiger partial charge in [-0.15, -0.1) is 0 Å². The van der Waals surface area contributed by atoms with Crippen LogP contribution in [0.25, 0.3) is 0 Å². The van der Waals surface area contributed by atoms with Crippen molar-refractivity contribution in [3.63, 3.8) is 0 Å². The second-order valence-electron chi connectivity index (χ2n) is 9.84. The van der Waals surface area contributed by atoms with Gasteiger partial charge in [-0.25, -0.2) is 4.89 Å². The molecule has 4 atom stereocenters. The van der Waals surface area contributed by atoms with Gasteiger partial charge in [0.05, 0.1) is 18.1 Å². The second kappa shape index (κ2) is 14.9. The number of aliphatic hydroxyl groups is 1. The molecular formula is C33H37NO3S. The smallest absolute Gasteiger partial charge is 0.124 e. The van der Waals surface area contributed by atoms with Crippen LogP contribution >= 0.6 is 12.0 Å². The number of aliphatic hydroxyl groups excluding tert-OH is 1. The van der Waals surface area contributed by atoms with Gasteiger partial charge >= 0.3 is 0 Å². The molecule has 0 heterocycles. The first-order chi connectivity index (χ1) is 18.6. The molecule has 0 aliphatic carbocycles. The van der Waals surface area contributed by atoms with Crippen molar-refractivity contribution in [2.75, 3.05) is 7.05 Å². The first kappa shape index (κ1) is 28.1. The van der Waals surface area contributed by atoms with Crippen LogP contribution in [0.4, 0.5) is 0 Å². The molecule has 0 amide bonds. The van der Waals surface area contributed by atoms with E-state index in [2.05, 4.69) is 55.3 Å². The fourth-order valence-corrected chi connectivity index (χ4v) is 5.25. The summed E-state index contributed by atoms with van der Waals surface area (Å²) in [6.45, 7) is 2.84. The van der Waals surface area contributed by atoms with Crippen molar-refractivity contribution in [1.29, 1.82) is 0 Å². The summed E-state index contributed by atoms with van der Waals surface area (Å²) < 4.78 is 5.70. The van der Waals surface area contributed by atoms with E-state index in [0.717, 1.165) is 17.9 Å². The van der Waals surface area contributed by atoms with E-state index in [0.29, 0.717) is 6.42 Å². The van der Waals surface area contributed by atoms with Crippen molar-refractivity contribution in [2.24, 2.45) is 5.92 Å². The molecule has 0 spiro atoms. The lowest BCUT2D eigenvalue weighted by molar-refractivity contribution is -0.272. The fourth-order valence-electron chi connectivity index (χ4n) is 4.77. The molecule has 0 radical (unpaired) electrons. The fraction of sp³-hybridized carbons (Fsp3) is 0.273. The minimum absolute atomic E-state index is 0.00664. The van der Waals surface area contributed by atoms with Crippen LogP contribution in [0.15, 0.2) is 126 Å². The van der Waals surface area contributed by atoms with Crippen molar-refractivity contribution >= 4 is 12.0 Å². The molecule has 38 heavy (non-hydrogen) atoms. The van der Waals surface area contributed by atoms with E-state index >= 15 is 0 Å². The number of hydrogen-bond acceptors (Lipinski definition) is 5. The zero-order valence-corrected chi connectivity index (χ0v) is 22.9. The van der Waals surface area contributed by atoms with Crippen LogP contribution in [-0.4, -0.2) is 35.3 Å². The molecule has 2 unspecified atom stereocenters. The lowest BCUT2D eigenvalue weighted by atomic mass is 9.87. The van der Waals surface area contributed by atoms with Crippen molar-refractivity contribution in [1.82, 2.24) is 4.90 Å². The summed E-state index contributed by atoms with van der Waals surface area (Å²) in [5, 5.41) is 12.0. The van der Waals surface area contributed by atoms with Gasteiger partial charge in [-0.2, -0.15) is 4.33 Å². The standard InChI is InChI=1S/C33H37NO3S/c1-26(23-27-15-7-3-8-16-27)33(36-37-38-30-21-13-6-14-22-30)32(35)31(24-28-17-9-4-10-18-28)34(2)25-29-19-11-5-12-20-29/h3-22,26,31-33,35H,23-25H2,1-2H3/t26-,31-,32?,33?/m0/s1. The quantitative estimate of drug-likeness (QED) is 0.109. The molecule has 0 fully saturated rings. The van der Waals surface area contributed by atoms with Gasteiger partial charge < -0.3 is 5.11 Å². The number of likely N-dealkylation sites (N-methyl/N-ethyl adjacent to an activating group) is 1. The van der Waals surface area contributed by atoms with Gasteiger partial charge in [-0.3, -0.25) is 4.90 Å². The largest absolute Gasteiger partial charge is 0.389 e. The van der Waals surface area contributed by atoms with Gasteiger partial charge in [0.15, 0.2) is 0 Å². The molecule has 4 nitrogen and oxygen atoms in total. The molecule has 0 aliphatic rings. The maximum Gasteiger partial charge on any atom is 0.124 e. The number of hydrogen-bond donors (Lipinski definition) is 1. The third kappa shape index (κ3) is 8.55. The zero-order valence-electron chi connectivity index (χ0n) is 22.1. The Hall–Kier alpha value is -2.93. The molecule has 4 aromatic carbocycles. The van der Waals surface area contributed by atoms with Crippen molar-refractivity contribution in [3.8, 4) is 0 Å². The van der Waals surface area contributed by atoms with Crippen LogP contribution in [0.2, 0.25) is 0 Å². The van der Waals surface area contributed by atoms with E-state index < -0.39 is 12.2 Å². The van der Waals surface area contributed by atoms with Crippen LogP contribution in [0, 0.1) is 5.92 Å². The predicted octanol–water partition coefficient (Wildman–Crippen LogP) is 6.99. The molecule has 198 valence electrons. The number of benzene rings is 4. The maximum atomic E-state index is 12.0. The van der Waals surface area contributed by atoms with Gasteiger partial charge in [0.25, 0.3) is 0 Å². The number of rotatable bonds is 14. The lowest BCUT2D eigenvalue weighted by Crippen LogP contribution is -2.51. The van der Waals surface area contributed by atoms with Crippen LogP contribution in [0.1, 0.15) is 23.6 Å². The Morgan fingerprint density at radius 1 is 0.684 bits per heavy atom. The SMILES string of the molecule is C[C@@H](Cc1ccccc1)C(OOSc1ccccc1)C(O)[C@H](Cc1ccccc1)N(C)Cc1ccccc1. The van der Waals surface area contributed by atoms with Gasteiger partial charge in [0.1, 0.15) is 6.10 Å². The van der Waals surface area contributed by atoms with Crippen molar-refractivity contribution < 1.29 is 14.3 Å². The molecule has 0 saturated heterocycles. The topological polar surface area (TPSA) is 41.9 Å². The van der Waals surface area contributed by atoms with E-state index in [1.165, 1.54) is 28.7 Å². The molecule has 0 bridgehead atoms. The third-order valence-electron chi connectivity index (χ3n) is 6.84. The Kier molecular flexibility index (Phi) is 11.0. The Balaban J connectivity index is 1.56. The predicted molar refractivity (Wildman–Crippen MR) is 155 cm³/mol. The van der Waals surface area contributed by atoms with Gasteiger partial charge in [-0.05, 0) is 54.6 Å². The average molecular weight is 528 g/mol. The highest BCUT2D eigenvalue weighted by atomic mass is 32.2.